The van der Waals surface area contributed by atoms with E-state index in [2.05, 4.69) is 32.0 Å². The van der Waals surface area contributed by atoms with Gasteiger partial charge in [0, 0.05) is 11.8 Å². The highest BCUT2D eigenvalue weighted by Gasteiger charge is 2.00. The summed E-state index contributed by atoms with van der Waals surface area (Å²) >= 11 is 3.41. The standard InChI is InChI=1S/C10H11BrN2/c11-7-3-6-10-12-8-4-1-2-5-9(8)13-10/h1-2,4-5H,3,6-7H2,(H,12,13). The summed E-state index contributed by atoms with van der Waals surface area (Å²) in [6.45, 7) is 0. The third-order valence-corrected chi connectivity index (χ3v) is 2.55. The van der Waals surface area contributed by atoms with Gasteiger partial charge in [0.2, 0.25) is 0 Å². The van der Waals surface area contributed by atoms with Gasteiger partial charge < -0.3 is 4.98 Å². The van der Waals surface area contributed by atoms with E-state index in [4.69, 9.17) is 0 Å². The molecule has 3 heteroatoms. The van der Waals surface area contributed by atoms with Gasteiger partial charge in [-0.15, -0.1) is 0 Å². The number of rotatable bonds is 3. The van der Waals surface area contributed by atoms with Gasteiger partial charge in [0.15, 0.2) is 0 Å². The van der Waals surface area contributed by atoms with E-state index in [-0.39, 0.29) is 0 Å². The Morgan fingerprint density at radius 3 is 2.92 bits per heavy atom. The van der Waals surface area contributed by atoms with Crippen molar-refractivity contribution in [2.24, 2.45) is 0 Å². The second kappa shape index (κ2) is 3.92. The molecular weight excluding hydrogens is 228 g/mol. The van der Waals surface area contributed by atoms with E-state index in [1.54, 1.807) is 0 Å². The van der Waals surface area contributed by atoms with Gasteiger partial charge in [-0.05, 0) is 18.6 Å². The fourth-order valence-corrected chi connectivity index (χ4v) is 1.64. The average molecular weight is 239 g/mol. The second-order valence-electron chi connectivity index (χ2n) is 2.99. The van der Waals surface area contributed by atoms with Gasteiger partial charge >= 0.3 is 0 Å². The smallest absolute Gasteiger partial charge is 0.107 e. The highest BCUT2D eigenvalue weighted by Crippen LogP contribution is 2.11. The molecule has 0 spiro atoms. The minimum absolute atomic E-state index is 1.01. The molecule has 0 unspecified atom stereocenters. The van der Waals surface area contributed by atoms with E-state index in [1.807, 2.05) is 18.2 Å². The minimum Gasteiger partial charge on any atom is -0.342 e. The average Bonchev–Trinajstić information content (AvgIpc) is 2.57. The van der Waals surface area contributed by atoms with Crippen molar-refractivity contribution in [1.29, 1.82) is 0 Å². The summed E-state index contributed by atoms with van der Waals surface area (Å²) < 4.78 is 0. The quantitative estimate of drug-likeness (QED) is 0.819. The number of aryl methyl sites for hydroxylation is 1. The summed E-state index contributed by atoms with van der Waals surface area (Å²) in [6, 6.07) is 8.12. The third kappa shape index (κ3) is 1.91. The number of nitrogens with zero attached hydrogens (tertiary/aromatic N) is 1. The van der Waals surface area contributed by atoms with Crippen LogP contribution >= 0.6 is 15.9 Å². The number of fused-ring (bicyclic) bond motifs is 1. The summed E-state index contributed by atoms with van der Waals surface area (Å²) in [5.41, 5.74) is 2.19. The van der Waals surface area contributed by atoms with Crippen molar-refractivity contribution in [3.8, 4) is 0 Å². The van der Waals surface area contributed by atoms with Crippen LogP contribution in [0.2, 0.25) is 0 Å². The summed E-state index contributed by atoms with van der Waals surface area (Å²) in [6.07, 6.45) is 2.14. The Morgan fingerprint density at radius 2 is 2.15 bits per heavy atom. The first-order chi connectivity index (χ1) is 6.40. The molecule has 68 valence electrons. The van der Waals surface area contributed by atoms with Crippen LogP contribution in [0.15, 0.2) is 24.3 Å². The molecule has 0 fully saturated rings. The summed E-state index contributed by atoms with van der Waals surface area (Å²) in [5, 5.41) is 1.03. The van der Waals surface area contributed by atoms with E-state index in [0.29, 0.717) is 0 Å². The molecule has 2 aromatic rings. The normalized spacial score (nSPS) is 10.8. The van der Waals surface area contributed by atoms with Crippen LogP contribution in [0.25, 0.3) is 11.0 Å². The van der Waals surface area contributed by atoms with Crippen molar-refractivity contribution in [2.45, 2.75) is 12.8 Å². The van der Waals surface area contributed by atoms with Crippen molar-refractivity contribution < 1.29 is 0 Å². The third-order valence-electron chi connectivity index (χ3n) is 1.99. The molecule has 1 aromatic heterocycles. The molecule has 0 atom stereocenters. The Morgan fingerprint density at radius 1 is 1.31 bits per heavy atom. The molecule has 0 bridgehead atoms. The van der Waals surface area contributed by atoms with Crippen molar-refractivity contribution in [2.75, 3.05) is 5.33 Å². The van der Waals surface area contributed by atoms with Crippen molar-refractivity contribution in [3.63, 3.8) is 0 Å². The Labute approximate surface area is 85.5 Å². The highest BCUT2D eigenvalue weighted by atomic mass is 79.9. The predicted molar refractivity (Wildman–Crippen MR) is 58.2 cm³/mol. The van der Waals surface area contributed by atoms with Crippen LogP contribution in [0.5, 0.6) is 0 Å². The summed E-state index contributed by atoms with van der Waals surface area (Å²) in [7, 11) is 0. The van der Waals surface area contributed by atoms with E-state index in [0.717, 1.165) is 35.0 Å². The molecule has 0 amide bonds. The second-order valence-corrected chi connectivity index (χ2v) is 3.79. The van der Waals surface area contributed by atoms with Gasteiger partial charge in [-0.25, -0.2) is 4.98 Å². The van der Waals surface area contributed by atoms with Gasteiger partial charge in [0.1, 0.15) is 5.82 Å². The number of hydrogen-bond acceptors (Lipinski definition) is 1. The van der Waals surface area contributed by atoms with E-state index in [1.165, 1.54) is 0 Å². The Balaban J connectivity index is 2.28. The Kier molecular flexibility index (Phi) is 2.64. The van der Waals surface area contributed by atoms with Crippen LogP contribution < -0.4 is 0 Å². The monoisotopic (exact) mass is 238 g/mol. The van der Waals surface area contributed by atoms with E-state index in [9.17, 15) is 0 Å². The first-order valence-electron chi connectivity index (χ1n) is 4.40. The molecule has 13 heavy (non-hydrogen) atoms. The van der Waals surface area contributed by atoms with Gasteiger partial charge in [-0.3, -0.25) is 0 Å². The molecule has 1 aromatic carbocycles. The molecule has 1 heterocycles. The Bertz CT molecular complexity index is 361. The van der Waals surface area contributed by atoms with Crippen LogP contribution in [0.4, 0.5) is 0 Å². The maximum atomic E-state index is 4.47. The lowest BCUT2D eigenvalue weighted by Crippen LogP contribution is -1.87. The number of aromatic nitrogens is 2. The zero-order valence-corrected chi connectivity index (χ0v) is 8.84. The molecule has 2 rings (SSSR count). The maximum Gasteiger partial charge on any atom is 0.107 e. The molecule has 0 aliphatic rings. The molecule has 2 nitrogen and oxygen atoms in total. The predicted octanol–water partition coefficient (Wildman–Crippen LogP) is 2.89. The number of alkyl halides is 1. The summed E-state index contributed by atoms with van der Waals surface area (Å²) in [5.74, 6) is 1.08. The van der Waals surface area contributed by atoms with Crippen molar-refractivity contribution in [1.82, 2.24) is 9.97 Å². The van der Waals surface area contributed by atoms with Gasteiger partial charge in [-0.2, -0.15) is 0 Å². The van der Waals surface area contributed by atoms with Crippen LogP contribution in [0.3, 0.4) is 0 Å². The van der Waals surface area contributed by atoms with Gasteiger partial charge in [0.05, 0.1) is 11.0 Å². The number of imidazole rings is 1. The SMILES string of the molecule is BrCCCc1nc2ccccc2[nH]1. The van der Waals surface area contributed by atoms with Crippen LogP contribution in [0, 0.1) is 0 Å². The van der Waals surface area contributed by atoms with Crippen molar-refractivity contribution >= 4 is 27.0 Å². The fraction of sp³-hybridized carbons (Fsp3) is 0.300. The topological polar surface area (TPSA) is 28.7 Å². The fourth-order valence-electron chi connectivity index (χ4n) is 1.36. The van der Waals surface area contributed by atoms with Crippen LogP contribution in [0.1, 0.15) is 12.2 Å². The number of halogens is 1. The molecule has 0 radical (unpaired) electrons. The van der Waals surface area contributed by atoms with Gasteiger partial charge in [0.25, 0.3) is 0 Å². The number of nitrogens with one attached hydrogen (secondary N) is 1. The molecule has 1 N–H and O–H groups in total. The number of para-hydroxylation sites is 2. The number of H-pyrrole nitrogens is 1. The van der Waals surface area contributed by atoms with Crippen LogP contribution in [-0.2, 0) is 6.42 Å². The number of aromatic amines is 1. The maximum absolute atomic E-state index is 4.47. The number of benzene rings is 1. The largest absolute Gasteiger partial charge is 0.342 e. The zero-order valence-electron chi connectivity index (χ0n) is 7.26. The molecule has 0 saturated heterocycles. The lowest BCUT2D eigenvalue weighted by Gasteiger charge is -1.90. The van der Waals surface area contributed by atoms with Gasteiger partial charge in [-0.1, -0.05) is 28.1 Å². The molecule has 0 saturated carbocycles. The van der Waals surface area contributed by atoms with Crippen molar-refractivity contribution in [3.05, 3.63) is 30.1 Å². The minimum atomic E-state index is 1.01. The van der Waals surface area contributed by atoms with E-state index < -0.39 is 0 Å². The summed E-state index contributed by atoms with van der Waals surface area (Å²) in [4.78, 5) is 7.77. The van der Waals surface area contributed by atoms with E-state index >= 15 is 0 Å². The molecular formula is C10H11BrN2. The molecule has 0 aliphatic heterocycles. The lowest BCUT2D eigenvalue weighted by atomic mass is 10.3. The first-order valence-corrected chi connectivity index (χ1v) is 5.52. The Hall–Kier alpha value is -0.830. The number of hydrogen-bond donors (Lipinski definition) is 1. The lowest BCUT2D eigenvalue weighted by molar-refractivity contribution is 0.874. The highest BCUT2D eigenvalue weighted by molar-refractivity contribution is 9.09. The molecule has 0 aliphatic carbocycles. The first kappa shape index (κ1) is 8.75. The van der Waals surface area contributed by atoms with Crippen LogP contribution in [-0.4, -0.2) is 15.3 Å². The zero-order chi connectivity index (χ0) is 9.10.